The lowest BCUT2D eigenvalue weighted by Gasteiger charge is -2.43. The van der Waals surface area contributed by atoms with Gasteiger partial charge in [0.05, 0.1) is 35.4 Å². The van der Waals surface area contributed by atoms with Gasteiger partial charge in [-0.05, 0) is 68.5 Å². The fraction of sp³-hybridized carbons (Fsp3) is 0.400. The normalized spacial score (nSPS) is 24.2. The van der Waals surface area contributed by atoms with Gasteiger partial charge in [0.2, 0.25) is 0 Å². The molecule has 6 nitrogen and oxygen atoms in total. The molecule has 2 aliphatic carbocycles. The van der Waals surface area contributed by atoms with Crippen molar-refractivity contribution in [3.8, 4) is 5.69 Å². The van der Waals surface area contributed by atoms with Crippen LogP contribution in [-0.2, 0) is 25.5 Å². The lowest BCUT2D eigenvalue weighted by Crippen LogP contribution is -2.43. The van der Waals surface area contributed by atoms with Crippen LogP contribution in [-0.4, -0.2) is 36.3 Å². The first-order valence-electron chi connectivity index (χ1n) is 9.11. The monoisotopic (exact) mass is 404 g/mol. The summed E-state index contributed by atoms with van der Waals surface area (Å²) in [6.07, 6.45) is 6.12. The van der Waals surface area contributed by atoms with Gasteiger partial charge in [-0.1, -0.05) is 5.57 Å². The summed E-state index contributed by atoms with van der Waals surface area (Å²) >= 11 is 0. The summed E-state index contributed by atoms with van der Waals surface area (Å²) in [4.78, 5) is 12.7. The van der Waals surface area contributed by atoms with Gasteiger partial charge in [-0.3, -0.25) is 8.98 Å². The molecule has 1 fully saturated rings. The van der Waals surface area contributed by atoms with Crippen molar-refractivity contribution in [1.82, 2.24) is 9.78 Å². The van der Waals surface area contributed by atoms with Gasteiger partial charge < -0.3 is 0 Å². The summed E-state index contributed by atoms with van der Waals surface area (Å²) in [7, 11) is -3.59. The second-order valence-corrected chi connectivity index (χ2v) is 9.19. The molecule has 1 saturated carbocycles. The Bertz CT molecular complexity index is 1070. The maximum atomic E-state index is 13.2. The average molecular weight is 404 g/mol. The molecule has 1 heterocycles. The van der Waals surface area contributed by atoms with Crippen molar-refractivity contribution in [2.24, 2.45) is 5.41 Å². The number of rotatable bonds is 4. The Hall–Kier alpha value is -2.32. The first-order valence-corrected chi connectivity index (χ1v) is 10.9. The molecule has 2 atom stereocenters. The fourth-order valence-electron chi connectivity index (χ4n) is 4.36. The second kappa shape index (κ2) is 6.63. The maximum absolute atomic E-state index is 13.2. The molecular formula is C20H21FN2O4S. The van der Waals surface area contributed by atoms with Crippen molar-refractivity contribution in [3.63, 3.8) is 0 Å². The molecule has 2 aliphatic rings. The van der Waals surface area contributed by atoms with Crippen LogP contribution in [0.4, 0.5) is 4.39 Å². The number of ketones is 1. The predicted molar refractivity (Wildman–Crippen MR) is 102 cm³/mol. The Labute approximate surface area is 163 Å². The number of nitrogens with zero attached hydrogens (tertiary/aromatic N) is 2. The van der Waals surface area contributed by atoms with Gasteiger partial charge in [-0.2, -0.15) is 13.5 Å². The minimum absolute atomic E-state index is 0.000679. The van der Waals surface area contributed by atoms with Crippen LogP contribution in [0.3, 0.4) is 0 Å². The van der Waals surface area contributed by atoms with Crippen LogP contribution in [0.25, 0.3) is 11.8 Å². The Balaban J connectivity index is 1.73. The second-order valence-electron chi connectivity index (χ2n) is 7.59. The number of carbonyl (C=O) groups excluding carboxylic acids is 1. The number of hydrogen-bond donors (Lipinski definition) is 0. The third-order valence-electron chi connectivity index (χ3n) is 5.67. The van der Waals surface area contributed by atoms with Crippen molar-refractivity contribution in [3.05, 3.63) is 53.1 Å². The molecule has 0 bridgehead atoms. The van der Waals surface area contributed by atoms with E-state index in [0.29, 0.717) is 25.7 Å². The standard InChI is InChI=1S/C20H21FN2O4S/c1-13(24)20-10-14-12-22-23(17-6-4-16(21)5-7-17)19(14)9-15(20)3-8-18(11-20)27-28(2,25)26/h4-7,9,12,18H,3,8,10-11H2,1-2H3/t18-,20+/m0/s1. The molecule has 1 aromatic carbocycles. The maximum Gasteiger partial charge on any atom is 0.264 e. The number of Topliss-reactive ketones (excluding diaryl/α,β-unsaturated/α-hetero) is 1. The molecule has 4 rings (SSSR count). The van der Waals surface area contributed by atoms with Gasteiger partial charge >= 0.3 is 0 Å². The van der Waals surface area contributed by atoms with Crippen LogP contribution >= 0.6 is 0 Å². The van der Waals surface area contributed by atoms with E-state index < -0.39 is 21.6 Å². The summed E-state index contributed by atoms with van der Waals surface area (Å²) in [6.45, 7) is 1.55. The van der Waals surface area contributed by atoms with Gasteiger partial charge in [-0.15, -0.1) is 0 Å². The van der Waals surface area contributed by atoms with E-state index >= 15 is 0 Å². The molecule has 1 aromatic heterocycles. The minimum atomic E-state index is -3.59. The largest absolute Gasteiger partial charge is 0.299 e. The summed E-state index contributed by atoms with van der Waals surface area (Å²) in [5, 5.41) is 4.44. The highest BCUT2D eigenvalue weighted by Gasteiger charge is 2.47. The number of fused-ring (bicyclic) bond motifs is 2. The molecule has 0 unspecified atom stereocenters. The number of carbonyl (C=O) groups is 1. The quantitative estimate of drug-likeness (QED) is 0.732. The van der Waals surface area contributed by atoms with Crippen molar-refractivity contribution in [2.45, 2.75) is 38.7 Å². The lowest BCUT2D eigenvalue weighted by atomic mass is 9.62. The van der Waals surface area contributed by atoms with E-state index in [4.69, 9.17) is 4.18 Å². The van der Waals surface area contributed by atoms with Gasteiger partial charge in [0, 0.05) is 0 Å². The van der Waals surface area contributed by atoms with Gasteiger partial charge in [0.25, 0.3) is 10.1 Å². The Morgan fingerprint density at radius 3 is 2.68 bits per heavy atom. The third kappa shape index (κ3) is 3.31. The van der Waals surface area contributed by atoms with Crippen LogP contribution in [0.15, 0.2) is 36.0 Å². The highest BCUT2D eigenvalue weighted by Crippen LogP contribution is 2.49. The van der Waals surface area contributed by atoms with Crippen LogP contribution in [0.2, 0.25) is 0 Å². The number of halogens is 1. The van der Waals surface area contributed by atoms with E-state index in [1.165, 1.54) is 12.1 Å². The lowest BCUT2D eigenvalue weighted by molar-refractivity contribution is -0.127. The van der Waals surface area contributed by atoms with Gasteiger partial charge in [0.15, 0.2) is 0 Å². The van der Waals surface area contributed by atoms with E-state index in [9.17, 15) is 17.6 Å². The summed E-state index contributed by atoms with van der Waals surface area (Å²) in [5.41, 5.74) is 2.73. The van der Waals surface area contributed by atoms with E-state index in [1.807, 2.05) is 6.08 Å². The topological polar surface area (TPSA) is 78.3 Å². The molecule has 148 valence electrons. The summed E-state index contributed by atoms with van der Waals surface area (Å²) in [5.74, 6) is -0.316. The number of benzene rings is 1. The van der Waals surface area contributed by atoms with Crippen molar-refractivity contribution < 1.29 is 21.8 Å². The van der Waals surface area contributed by atoms with E-state index in [0.717, 1.165) is 28.8 Å². The molecule has 8 heteroatoms. The van der Waals surface area contributed by atoms with Crippen molar-refractivity contribution in [2.75, 3.05) is 6.26 Å². The molecule has 0 aliphatic heterocycles. The number of allylic oxidation sites excluding steroid dienone is 1. The van der Waals surface area contributed by atoms with Gasteiger partial charge in [-0.25, -0.2) is 9.07 Å². The highest BCUT2D eigenvalue weighted by molar-refractivity contribution is 7.86. The van der Waals surface area contributed by atoms with Gasteiger partial charge in [0.1, 0.15) is 11.6 Å². The Morgan fingerprint density at radius 2 is 2.04 bits per heavy atom. The molecule has 2 aromatic rings. The van der Waals surface area contributed by atoms with E-state index in [-0.39, 0.29) is 11.6 Å². The first kappa shape index (κ1) is 19.0. The van der Waals surface area contributed by atoms with E-state index in [1.54, 1.807) is 29.9 Å². The fourth-order valence-corrected chi connectivity index (χ4v) is 5.02. The SMILES string of the molecule is CC(=O)[C@]12Cc3cnn(-c4ccc(F)cc4)c3C=C1CC[C@H](OS(C)(=O)=O)C2. The van der Waals surface area contributed by atoms with Crippen LogP contribution in [0.1, 0.15) is 37.4 Å². The highest BCUT2D eigenvalue weighted by atomic mass is 32.2. The summed E-state index contributed by atoms with van der Waals surface area (Å²) in [6, 6.07) is 6.08. The zero-order chi connectivity index (χ0) is 20.1. The summed E-state index contributed by atoms with van der Waals surface area (Å²) < 4.78 is 43.3. The molecule has 0 saturated heterocycles. The zero-order valence-corrected chi connectivity index (χ0v) is 16.5. The number of hydrogen-bond acceptors (Lipinski definition) is 5. The molecule has 0 N–H and O–H groups in total. The van der Waals surface area contributed by atoms with Crippen LogP contribution < -0.4 is 0 Å². The molecule has 28 heavy (non-hydrogen) atoms. The first-order chi connectivity index (χ1) is 13.2. The van der Waals surface area contributed by atoms with Crippen molar-refractivity contribution >= 4 is 22.0 Å². The Kier molecular flexibility index (Phi) is 4.50. The average Bonchev–Trinajstić information content (AvgIpc) is 3.01. The molecule has 0 spiro atoms. The molecule has 0 amide bonds. The zero-order valence-electron chi connectivity index (χ0n) is 15.7. The third-order valence-corrected chi connectivity index (χ3v) is 6.29. The van der Waals surface area contributed by atoms with Crippen LogP contribution in [0.5, 0.6) is 0 Å². The molecule has 0 radical (unpaired) electrons. The predicted octanol–water partition coefficient (Wildman–Crippen LogP) is 3.06. The number of aromatic nitrogens is 2. The van der Waals surface area contributed by atoms with E-state index in [2.05, 4.69) is 5.10 Å². The smallest absolute Gasteiger partial charge is 0.264 e. The van der Waals surface area contributed by atoms with Crippen LogP contribution in [0, 0.1) is 11.2 Å². The minimum Gasteiger partial charge on any atom is -0.299 e. The Morgan fingerprint density at radius 1 is 1.32 bits per heavy atom. The molecular weight excluding hydrogens is 383 g/mol. The van der Waals surface area contributed by atoms with Crippen molar-refractivity contribution in [1.29, 1.82) is 0 Å².